The number of nitrogens with zero attached hydrogens (tertiary/aromatic N) is 2. The first-order valence-electron chi connectivity index (χ1n) is 8.48. The molecule has 0 atom stereocenters. The molecule has 1 aliphatic rings. The molecule has 0 saturated carbocycles. The van der Waals surface area contributed by atoms with Crippen molar-refractivity contribution in [2.45, 2.75) is 50.0 Å². The smallest absolute Gasteiger partial charge is 0.460 e. The zero-order valence-electron chi connectivity index (χ0n) is 15.6. The van der Waals surface area contributed by atoms with Crippen LogP contribution in [0.2, 0.25) is 0 Å². The van der Waals surface area contributed by atoms with Crippen LogP contribution < -0.4 is 24.0 Å². The molecule has 176 valence electrons. The highest BCUT2D eigenvalue weighted by Gasteiger charge is 2.85. The van der Waals surface area contributed by atoms with Gasteiger partial charge in [0.05, 0.1) is 39.3 Å². The molecule has 0 aromatic rings. The van der Waals surface area contributed by atoms with Crippen molar-refractivity contribution in [1.82, 2.24) is 4.31 Å². The third-order valence-corrected chi connectivity index (χ3v) is 6.77. The maximum atomic E-state index is 13.9. The van der Waals surface area contributed by atoms with E-state index >= 15 is 0 Å². The molecule has 29 heavy (non-hydrogen) atoms. The molecule has 0 aliphatic carbocycles. The molecule has 1 aliphatic heterocycles. The summed E-state index contributed by atoms with van der Waals surface area (Å²) in [5.74, 6) is -14.4. The summed E-state index contributed by atoms with van der Waals surface area (Å²) in [6.45, 7) is 3.30. The zero-order chi connectivity index (χ0) is 22.2. The number of hydrogen-bond acceptors (Lipinski definition) is 2. The zero-order valence-corrected chi connectivity index (χ0v) is 18.5. The molecule has 1 fully saturated rings. The van der Waals surface area contributed by atoms with Crippen molar-refractivity contribution >= 4 is 10.0 Å². The third-order valence-electron chi connectivity index (χ3n) is 4.82. The van der Waals surface area contributed by atoms with Crippen LogP contribution in [0.25, 0.3) is 0 Å². The van der Waals surface area contributed by atoms with Crippen LogP contribution in [0.15, 0.2) is 0 Å². The van der Waals surface area contributed by atoms with Gasteiger partial charge in [-0.15, -0.1) is 0 Å². The summed E-state index contributed by atoms with van der Waals surface area (Å²) in [5, 5.41) is -6.65. The van der Waals surface area contributed by atoms with Gasteiger partial charge in [0.15, 0.2) is 0 Å². The molecule has 1 heterocycles. The third kappa shape index (κ3) is 4.91. The molecule has 15 heteroatoms. The standard InChI is InChI=1S/C14H22F9N2O2S.HI/c1-3-7-25(8-4-2)9-5-24(6-10-25)28(26,27)14(22,23)12(17,18)11(15,16)13(19,20)21;/h3-10H2,1-2H3;1H/q+1;/p-1. The molecule has 0 aromatic heterocycles. The summed E-state index contributed by atoms with van der Waals surface area (Å²) in [7, 11) is -6.48. The summed E-state index contributed by atoms with van der Waals surface area (Å²) in [4.78, 5) is 0. The predicted octanol–water partition coefficient (Wildman–Crippen LogP) is 0.698. The lowest BCUT2D eigenvalue weighted by atomic mass is 10.1. The van der Waals surface area contributed by atoms with Crippen molar-refractivity contribution in [3.05, 3.63) is 0 Å². The molecule has 4 nitrogen and oxygen atoms in total. The van der Waals surface area contributed by atoms with E-state index in [1.807, 2.05) is 13.8 Å². The molecule has 0 unspecified atom stereocenters. The Morgan fingerprint density at radius 2 is 1.17 bits per heavy atom. The van der Waals surface area contributed by atoms with Crippen molar-refractivity contribution in [1.29, 1.82) is 0 Å². The minimum atomic E-state index is -7.24. The second-order valence-corrected chi connectivity index (χ2v) is 8.78. The summed E-state index contributed by atoms with van der Waals surface area (Å²) in [6, 6.07) is 0. The van der Waals surface area contributed by atoms with Gasteiger partial charge in [0.2, 0.25) is 0 Å². The first-order chi connectivity index (χ1) is 12.4. The molecule has 0 radical (unpaired) electrons. The van der Waals surface area contributed by atoms with Gasteiger partial charge in [-0.2, -0.15) is 43.8 Å². The number of piperazine rings is 1. The Morgan fingerprint density at radius 3 is 1.48 bits per heavy atom. The van der Waals surface area contributed by atoms with E-state index in [0.717, 1.165) is 0 Å². The van der Waals surface area contributed by atoms with Gasteiger partial charge in [-0.05, 0) is 12.8 Å². The van der Waals surface area contributed by atoms with Crippen LogP contribution in [0.3, 0.4) is 0 Å². The molecule has 0 spiro atoms. The largest absolute Gasteiger partial charge is 1.00 e. The van der Waals surface area contributed by atoms with E-state index in [-0.39, 0.29) is 41.4 Å². The van der Waals surface area contributed by atoms with Gasteiger partial charge in [-0.3, -0.25) is 0 Å². The average Bonchev–Trinajstić information content (AvgIpc) is 2.54. The summed E-state index contributed by atoms with van der Waals surface area (Å²) >= 11 is 0. The van der Waals surface area contributed by atoms with E-state index in [0.29, 0.717) is 30.4 Å². The van der Waals surface area contributed by atoms with Gasteiger partial charge < -0.3 is 28.5 Å². The van der Waals surface area contributed by atoms with E-state index < -0.39 is 46.4 Å². The fourth-order valence-corrected chi connectivity index (χ4v) is 4.72. The molecular weight excluding hydrogens is 558 g/mol. The van der Waals surface area contributed by atoms with E-state index in [1.165, 1.54) is 0 Å². The first-order valence-corrected chi connectivity index (χ1v) is 9.92. The minimum Gasteiger partial charge on any atom is -1.00 e. The number of halogens is 10. The van der Waals surface area contributed by atoms with Gasteiger partial charge in [0.1, 0.15) is 0 Å². The van der Waals surface area contributed by atoms with Crippen molar-refractivity contribution in [2.75, 3.05) is 39.3 Å². The fourth-order valence-electron chi connectivity index (χ4n) is 3.30. The number of quaternary nitrogens is 1. The normalized spacial score (nSPS) is 19.7. The van der Waals surface area contributed by atoms with Gasteiger partial charge in [-0.1, -0.05) is 13.8 Å². The van der Waals surface area contributed by atoms with E-state index in [9.17, 15) is 47.9 Å². The maximum absolute atomic E-state index is 13.9. The molecular formula is C14H22F9IN2O2S. The molecule has 0 amide bonds. The molecule has 0 bridgehead atoms. The highest BCUT2D eigenvalue weighted by atomic mass is 127. The van der Waals surface area contributed by atoms with Gasteiger partial charge in [0.25, 0.3) is 10.0 Å². The van der Waals surface area contributed by atoms with Crippen LogP contribution in [0, 0.1) is 0 Å². The average molecular weight is 580 g/mol. The highest BCUT2D eigenvalue weighted by Crippen LogP contribution is 2.55. The lowest BCUT2D eigenvalue weighted by molar-refractivity contribution is -0.931. The van der Waals surface area contributed by atoms with Crippen LogP contribution in [0.1, 0.15) is 26.7 Å². The SMILES string of the molecule is CCC[N+]1(CCC)CCN(S(=O)(=O)C(F)(F)C(F)(F)C(F)(F)C(F)(F)F)CC1.[I-]. The second-order valence-electron chi connectivity index (χ2n) is 6.80. The number of hydrogen-bond donors (Lipinski definition) is 0. The van der Waals surface area contributed by atoms with Crippen molar-refractivity contribution < 1.29 is 76.4 Å². The summed E-state index contributed by atoms with van der Waals surface area (Å²) in [6.07, 6.45) is -5.73. The molecule has 1 saturated heterocycles. The summed E-state index contributed by atoms with van der Waals surface area (Å²) in [5.41, 5.74) is 0. The molecule has 1 rings (SSSR count). The van der Waals surface area contributed by atoms with Gasteiger partial charge >= 0.3 is 23.3 Å². The second kappa shape index (κ2) is 9.22. The number of rotatable bonds is 8. The summed E-state index contributed by atoms with van der Waals surface area (Å²) < 4.78 is 141. The molecule has 0 aromatic carbocycles. The Labute approximate surface area is 180 Å². The monoisotopic (exact) mass is 580 g/mol. The van der Waals surface area contributed by atoms with Gasteiger partial charge in [0, 0.05) is 0 Å². The Morgan fingerprint density at radius 1 is 0.793 bits per heavy atom. The Hall–Kier alpha value is -0.0300. The van der Waals surface area contributed by atoms with E-state index in [4.69, 9.17) is 0 Å². The van der Waals surface area contributed by atoms with Crippen LogP contribution >= 0.6 is 0 Å². The predicted molar refractivity (Wildman–Crippen MR) is 81.7 cm³/mol. The minimum absolute atomic E-state index is 0. The topological polar surface area (TPSA) is 37.4 Å². The van der Waals surface area contributed by atoms with E-state index in [1.54, 1.807) is 0 Å². The van der Waals surface area contributed by atoms with Crippen LogP contribution in [-0.4, -0.2) is 79.8 Å². The maximum Gasteiger partial charge on any atom is 0.460 e. The van der Waals surface area contributed by atoms with E-state index in [2.05, 4.69) is 0 Å². The molecule has 0 N–H and O–H groups in total. The van der Waals surface area contributed by atoms with Gasteiger partial charge in [-0.25, -0.2) is 8.42 Å². The first kappa shape index (κ1) is 29.0. The van der Waals surface area contributed by atoms with Crippen molar-refractivity contribution in [2.24, 2.45) is 0 Å². The van der Waals surface area contributed by atoms with Crippen LogP contribution in [-0.2, 0) is 10.0 Å². The Bertz CT molecular complexity index is 640. The highest BCUT2D eigenvalue weighted by molar-refractivity contribution is 7.90. The Kier molecular flexibility index (Phi) is 9.21. The fraction of sp³-hybridized carbons (Fsp3) is 1.00. The lowest BCUT2D eigenvalue weighted by Gasteiger charge is -2.45. The van der Waals surface area contributed by atoms with Crippen molar-refractivity contribution in [3.63, 3.8) is 0 Å². The van der Waals surface area contributed by atoms with Crippen molar-refractivity contribution in [3.8, 4) is 0 Å². The van der Waals surface area contributed by atoms with Crippen LogP contribution in [0.4, 0.5) is 39.5 Å². The van der Waals surface area contributed by atoms with Crippen LogP contribution in [0.5, 0.6) is 0 Å². The quantitative estimate of drug-likeness (QED) is 0.241. The number of alkyl halides is 9. The lowest BCUT2D eigenvalue weighted by Crippen LogP contribution is -3.00. The number of sulfonamides is 1. The Balaban J connectivity index is 0.00000784.